The zero-order valence-corrected chi connectivity index (χ0v) is 18.7. The van der Waals surface area contributed by atoms with Gasteiger partial charge in [0.25, 0.3) is 0 Å². The summed E-state index contributed by atoms with van der Waals surface area (Å²) in [5.74, 6) is 1.13. The van der Waals surface area contributed by atoms with Crippen LogP contribution in [-0.4, -0.2) is 12.9 Å². The fraction of sp³-hybridized carbons (Fsp3) is 0.0952. The summed E-state index contributed by atoms with van der Waals surface area (Å²) in [6.07, 6.45) is 3.32. The minimum Gasteiger partial charge on any atom is -0.496 e. The Bertz CT molecular complexity index is 1030. The van der Waals surface area contributed by atoms with Gasteiger partial charge in [-0.15, -0.1) is 11.3 Å². The van der Waals surface area contributed by atoms with Crippen LogP contribution in [0.1, 0.15) is 20.8 Å². The number of ether oxygens (including phenoxy) is 2. The number of hydrogen-bond donors (Lipinski definition) is 0. The molecular weight excluding hydrogens is 483 g/mol. The normalized spacial score (nSPS) is 11.0. The summed E-state index contributed by atoms with van der Waals surface area (Å²) in [6.45, 7) is 0.247. The maximum absolute atomic E-state index is 12.2. The molecule has 0 aliphatic rings. The summed E-state index contributed by atoms with van der Waals surface area (Å²) >= 11 is 16.9. The van der Waals surface area contributed by atoms with E-state index in [1.54, 1.807) is 43.5 Å². The quantitative estimate of drug-likeness (QED) is 0.253. The Morgan fingerprint density at radius 2 is 2.00 bits per heavy atom. The Balaban J connectivity index is 1.77. The van der Waals surface area contributed by atoms with E-state index in [2.05, 4.69) is 15.9 Å². The lowest BCUT2D eigenvalue weighted by molar-refractivity contribution is 0.105. The van der Waals surface area contributed by atoms with Crippen LogP contribution >= 0.6 is 50.5 Å². The molecule has 0 bridgehead atoms. The van der Waals surface area contributed by atoms with Gasteiger partial charge in [0.1, 0.15) is 23.1 Å². The van der Waals surface area contributed by atoms with Crippen molar-refractivity contribution in [2.75, 3.05) is 7.11 Å². The molecule has 2 aromatic carbocycles. The minimum atomic E-state index is -0.0463. The molecule has 0 radical (unpaired) electrons. The molecule has 0 amide bonds. The number of allylic oxidation sites excluding steroid dienone is 1. The van der Waals surface area contributed by atoms with Gasteiger partial charge in [0, 0.05) is 15.4 Å². The van der Waals surface area contributed by atoms with Crippen molar-refractivity contribution in [1.29, 1.82) is 0 Å². The van der Waals surface area contributed by atoms with Crippen LogP contribution in [0.4, 0.5) is 0 Å². The zero-order valence-electron chi connectivity index (χ0n) is 14.7. The first kappa shape index (κ1) is 20.9. The molecule has 3 rings (SSSR count). The van der Waals surface area contributed by atoms with Crippen molar-refractivity contribution in [3.8, 4) is 11.5 Å². The lowest BCUT2D eigenvalue weighted by Crippen LogP contribution is -2.00. The van der Waals surface area contributed by atoms with E-state index in [1.165, 1.54) is 11.3 Å². The summed E-state index contributed by atoms with van der Waals surface area (Å²) in [6, 6.07) is 12.7. The molecule has 0 unspecified atom stereocenters. The third-order valence-corrected chi connectivity index (χ3v) is 6.35. The molecule has 0 aliphatic heterocycles. The molecule has 144 valence electrons. The second-order valence-electron chi connectivity index (χ2n) is 5.74. The van der Waals surface area contributed by atoms with Crippen LogP contribution in [0.2, 0.25) is 10.0 Å². The molecule has 7 heteroatoms. The third kappa shape index (κ3) is 5.17. The van der Waals surface area contributed by atoms with Crippen molar-refractivity contribution < 1.29 is 14.3 Å². The molecular formula is C21H15BrCl2O3S. The molecule has 0 spiro atoms. The van der Waals surface area contributed by atoms with E-state index in [-0.39, 0.29) is 12.4 Å². The highest BCUT2D eigenvalue weighted by Gasteiger charge is 2.09. The van der Waals surface area contributed by atoms with E-state index in [0.717, 1.165) is 15.6 Å². The second kappa shape index (κ2) is 9.61. The highest BCUT2D eigenvalue weighted by atomic mass is 79.9. The Morgan fingerprint density at radius 1 is 1.18 bits per heavy atom. The molecule has 0 atom stereocenters. The number of carbonyl (C=O) groups excluding carboxylic acids is 1. The van der Waals surface area contributed by atoms with Gasteiger partial charge in [-0.2, -0.15) is 0 Å². The van der Waals surface area contributed by atoms with E-state index in [0.29, 0.717) is 26.4 Å². The Labute approximate surface area is 185 Å². The van der Waals surface area contributed by atoms with Crippen LogP contribution in [0, 0.1) is 0 Å². The molecule has 1 heterocycles. The van der Waals surface area contributed by atoms with Crippen LogP contribution in [0.5, 0.6) is 11.5 Å². The van der Waals surface area contributed by atoms with Gasteiger partial charge in [0.2, 0.25) is 0 Å². The fourth-order valence-electron chi connectivity index (χ4n) is 2.46. The van der Waals surface area contributed by atoms with E-state index < -0.39 is 0 Å². The molecule has 0 fully saturated rings. The van der Waals surface area contributed by atoms with Gasteiger partial charge >= 0.3 is 0 Å². The zero-order chi connectivity index (χ0) is 20.1. The summed E-state index contributed by atoms with van der Waals surface area (Å²) in [4.78, 5) is 12.9. The topological polar surface area (TPSA) is 35.5 Å². The van der Waals surface area contributed by atoms with Crippen molar-refractivity contribution in [2.45, 2.75) is 6.61 Å². The van der Waals surface area contributed by atoms with Crippen LogP contribution in [-0.2, 0) is 6.61 Å². The average molecular weight is 498 g/mol. The van der Waals surface area contributed by atoms with Crippen LogP contribution in [0.3, 0.4) is 0 Å². The Kier molecular flexibility index (Phi) is 7.18. The first-order valence-corrected chi connectivity index (χ1v) is 10.6. The third-order valence-electron chi connectivity index (χ3n) is 3.84. The number of benzene rings is 2. The molecule has 0 saturated heterocycles. The Hall–Kier alpha value is -1.79. The van der Waals surface area contributed by atoms with Crippen molar-refractivity contribution in [3.05, 3.63) is 84.4 Å². The predicted molar refractivity (Wildman–Crippen MR) is 119 cm³/mol. The number of methoxy groups -OCH3 is 1. The van der Waals surface area contributed by atoms with E-state index >= 15 is 0 Å². The number of rotatable bonds is 7. The summed E-state index contributed by atoms with van der Waals surface area (Å²) in [5, 5.41) is 2.68. The number of halogens is 3. The van der Waals surface area contributed by atoms with Gasteiger partial charge in [0.05, 0.1) is 17.0 Å². The van der Waals surface area contributed by atoms with Gasteiger partial charge in [0.15, 0.2) is 5.78 Å². The van der Waals surface area contributed by atoms with E-state index in [4.69, 9.17) is 32.7 Å². The number of hydrogen-bond acceptors (Lipinski definition) is 4. The molecule has 0 saturated carbocycles. The summed E-state index contributed by atoms with van der Waals surface area (Å²) in [5.41, 5.74) is 1.69. The standard InChI is InChI=1S/C21H15BrCl2O3S/c1-26-18-8-6-13(5-7-17(25)20-10-15(22)12-28-20)9-14(18)11-27-19-4-2-3-16(23)21(19)24/h2-10,12H,11H2,1H3/b7-5+. The van der Waals surface area contributed by atoms with Crippen LogP contribution in [0.25, 0.3) is 6.08 Å². The first-order valence-electron chi connectivity index (χ1n) is 8.18. The lowest BCUT2D eigenvalue weighted by atomic mass is 10.1. The number of thiophene rings is 1. The highest BCUT2D eigenvalue weighted by molar-refractivity contribution is 9.10. The van der Waals surface area contributed by atoms with Crippen molar-refractivity contribution in [3.63, 3.8) is 0 Å². The monoisotopic (exact) mass is 496 g/mol. The molecule has 28 heavy (non-hydrogen) atoms. The summed E-state index contributed by atoms with van der Waals surface area (Å²) in [7, 11) is 1.60. The van der Waals surface area contributed by atoms with Gasteiger partial charge in [-0.3, -0.25) is 4.79 Å². The second-order valence-corrected chi connectivity index (χ2v) is 8.35. The number of carbonyl (C=O) groups is 1. The molecule has 0 N–H and O–H groups in total. The average Bonchev–Trinajstić information content (AvgIpc) is 3.13. The maximum atomic E-state index is 12.2. The highest BCUT2D eigenvalue weighted by Crippen LogP contribution is 2.33. The smallest absolute Gasteiger partial charge is 0.195 e. The molecule has 3 nitrogen and oxygen atoms in total. The minimum absolute atomic E-state index is 0.0463. The van der Waals surface area contributed by atoms with Crippen LogP contribution in [0.15, 0.2) is 58.4 Å². The maximum Gasteiger partial charge on any atom is 0.195 e. The fourth-order valence-corrected chi connectivity index (χ4v) is 4.16. The SMILES string of the molecule is COc1ccc(/C=C/C(=O)c2cc(Br)cs2)cc1COc1cccc(Cl)c1Cl. The van der Waals surface area contributed by atoms with Gasteiger partial charge < -0.3 is 9.47 Å². The lowest BCUT2D eigenvalue weighted by Gasteiger charge is -2.12. The van der Waals surface area contributed by atoms with E-state index in [1.807, 2.05) is 23.6 Å². The predicted octanol–water partition coefficient (Wildman–Crippen LogP) is 7.30. The van der Waals surface area contributed by atoms with Gasteiger partial charge in [-0.25, -0.2) is 0 Å². The van der Waals surface area contributed by atoms with Crippen LogP contribution < -0.4 is 9.47 Å². The number of ketones is 1. The van der Waals surface area contributed by atoms with Crippen molar-refractivity contribution in [2.24, 2.45) is 0 Å². The Morgan fingerprint density at radius 3 is 2.71 bits per heavy atom. The first-order chi connectivity index (χ1) is 13.5. The van der Waals surface area contributed by atoms with Crippen molar-refractivity contribution >= 4 is 62.3 Å². The van der Waals surface area contributed by atoms with Gasteiger partial charge in [-0.1, -0.05) is 41.4 Å². The largest absolute Gasteiger partial charge is 0.496 e. The molecule has 1 aromatic heterocycles. The molecule has 0 aliphatic carbocycles. The van der Waals surface area contributed by atoms with E-state index in [9.17, 15) is 4.79 Å². The van der Waals surface area contributed by atoms with Gasteiger partial charge in [-0.05, 0) is 57.9 Å². The molecule has 3 aromatic rings. The summed E-state index contributed by atoms with van der Waals surface area (Å²) < 4.78 is 12.1. The van der Waals surface area contributed by atoms with Crippen molar-refractivity contribution in [1.82, 2.24) is 0 Å².